The van der Waals surface area contributed by atoms with Crippen LogP contribution in [0.4, 0.5) is 0 Å². The van der Waals surface area contributed by atoms with Gasteiger partial charge in [-0.1, -0.05) is 13.8 Å². The number of thiol groups is 1. The van der Waals surface area contributed by atoms with Crippen LogP contribution in [0.5, 0.6) is 0 Å². The van der Waals surface area contributed by atoms with Gasteiger partial charge in [0.15, 0.2) is 5.96 Å². The van der Waals surface area contributed by atoms with Crippen molar-refractivity contribution < 1.29 is 24.3 Å². The molecule has 0 bridgehead atoms. The fourth-order valence-corrected chi connectivity index (χ4v) is 2.40. The minimum atomic E-state index is -1.24. The van der Waals surface area contributed by atoms with Crippen molar-refractivity contribution in [3.05, 3.63) is 0 Å². The van der Waals surface area contributed by atoms with E-state index in [0.717, 1.165) is 0 Å². The van der Waals surface area contributed by atoms with Gasteiger partial charge in [0.2, 0.25) is 17.7 Å². The minimum absolute atomic E-state index is 0.0485. The molecule has 0 spiro atoms. The summed E-state index contributed by atoms with van der Waals surface area (Å²) in [5, 5.41) is 16.0. The number of guanidine groups is 1. The Hall–Kier alpha value is -2.54. The number of rotatable bonds is 13. The van der Waals surface area contributed by atoms with Gasteiger partial charge in [0, 0.05) is 12.3 Å². The highest BCUT2D eigenvalue weighted by Crippen LogP contribution is 2.04. The number of aliphatic carboxylic acids is 1. The van der Waals surface area contributed by atoms with E-state index < -0.39 is 48.4 Å². The molecule has 13 heteroatoms. The van der Waals surface area contributed by atoms with Crippen molar-refractivity contribution >= 4 is 42.3 Å². The second-order valence-corrected chi connectivity index (χ2v) is 7.01. The molecule has 0 rings (SSSR count). The molecule has 0 aliphatic carbocycles. The summed E-state index contributed by atoms with van der Waals surface area (Å²) in [5.41, 5.74) is 16.2. The Balaban J connectivity index is 4.62. The molecule has 12 nitrogen and oxygen atoms in total. The second-order valence-electron chi connectivity index (χ2n) is 6.64. The lowest BCUT2D eigenvalue weighted by atomic mass is 10.0. The quantitative estimate of drug-likeness (QED) is 0.0651. The van der Waals surface area contributed by atoms with Crippen LogP contribution >= 0.6 is 12.6 Å². The molecule has 3 unspecified atom stereocenters. The number of nitrogens with two attached hydrogens (primary N) is 3. The maximum atomic E-state index is 12.3. The zero-order valence-electron chi connectivity index (χ0n) is 16.6. The Morgan fingerprint density at radius 3 is 2.21 bits per heavy atom. The van der Waals surface area contributed by atoms with E-state index in [1.54, 1.807) is 13.8 Å². The van der Waals surface area contributed by atoms with Crippen LogP contribution in [0, 0.1) is 5.92 Å². The van der Waals surface area contributed by atoms with E-state index >= 15 is 0 Å². The Labute approximate surface area is 174 Å². The van der Waals surface area contributed by atoms with Gasteiger partial charge in [-0.3, -0.25) is 19.4 Å². The highest BCUT2D eigenvalue weighted by Gasteiger charge is 2.27. The number of carbonyl (C=O) groups is 4. The Morgan fingerprint density at radius 2 is 1.72 bits per heavy atom. The highest BCUT2D eigenvalue weighted by molar-refractivity contribution is 7.80. The van der Waals surface area contributed by atoms with Crippen LogP contribution in [0.2, 0.25) is 0 Å². The molecule has 0 aromatic carbocycles. The van der Waals surface area contributed by atoms with Crippen molar-refractivity contribution in [3.63, 3.8) is 0 Å². The van der Waals surface area contributed by atoms with Crippen LogP contribution in [0.1, 0.15) is 26.7 Å². The summed E-state index contributed by atoms with van der Waals surface area (Å²) in [6.45, 7) is 3.32. The topological polar surface area (TPSA) is 215 Å². The normalized spacial score (nSPS) is 13.7. The van der Waals surface area contributed by atoms with Crippen LogP contribution in [-0.4, -0.2) is 71.7 Å². The molecule has 3 atom stereocenters. The van der Waals surface area contributed by atoms with Gasteiger partial charge >= 0.3 is 5.97 Å². The van der Waals surface area contributed by atoms with E-state index in [1.165, 1.54) is 0 Å². The summed E-state index contributed by atoms with van der Waals surface area (Å²) >= 11 is 3.83. The van der Waals surface area contributed by atoms with Crippen LogP contribution in [0.25, 0.3) is 0 Å². The average molecular weight is 434 g/mol. The maximum Gasteiger partial charge on any atom is 0.327 e. The largest absolute Gasteiger partial charge is 0.480 e. The summed E-state index contributed by atoms with van der Waals surface area (Å²) in [4.78, 5) is 51.0. The maximum absolute atomic E-state index is 12.3. The lowest BCUT2D eigenvalue weighted by Crippen LogP contribution is -2.55. The van der Waals surface area contributed by atoms with E-state index in [-0.39, 0.29) is 17.6 Å². The number of aliphatic imine (C=N–C) groups is 1. The van der Waals surface area contributed by atoms with E-state index in [9.17, 15) is 19.2 Å². The third-order valence-electron chi connectivity index (χ3n) is 3.79. The molecular weight excluding hydrogens is 402 g/mol. The highest BCUT2D eigenvalue weighted by atomic mass is 32.1. The number of nitrogens with one attached hydrogen (secondary N) is 3. The molecule has 0 fully saturated rings. The first-order valence-corrected chi connectivity index (χ1v) is 9.64. The van der Waals surface area contributed by atoms with Crippen molar-refractivity contribution in [2.45, 2.75) is 44.8 Å². The second kappa shape index (κ2) is 13.6. The minimum Gasteiger partial charge on any atom is -0.480 e. The summed E-state index contributed by atoms with van der Waals surface area (Å²) < 4.78 is 0. The number of carbonyl (C=O) groups excluding carboxylic acids is 3. The number of nitrogens with zero attached hydrogens (tertiary/aromatic N) is 1. The molecule has 0 aromatic rings. The molecule has 0 heterocycles. The van der Waals surface area contributed by atoms with Gasteiger partial charge in [0.25, 0.3) is 0 Å². The molecule has 29 heavy (non-hydrogen) atoms. The zero-order chi connectivity index (χ0) is 22.6. The first kappa shape index (κ1) is 26.5. The molecule has 0 aromatic heterocycles. The summed E-state index contributed by atoms with van der Waals surface area (Å²) in [6.07, 6.45) is 0.804. The number of amides is 3. The third kappa shape index (κ3) is 11.1. The van der Waals surface area contributed by atoms with Crippen molar-refractivity contribution in [1.29, 1.82) is 0 Å². The first-order valence-electron chi connectivity index (χ1n) is 9.01. The van der Waals surface area contributed by atoms with Crippen LogP contribution < -0.4 is 33.2 Å². The van der Waals surface area contributed by atoms with Crippen molar-refractivity contribution in [1.82, 2.24) is 16.0 Å². The summed E-state index contributed by atoms with van der Waals surface area (Å²) in [5.74, 6) is -3.46. The zero-order valence-corrected chi connectivity index (χ0v) is 17.4. The smallest absolute Gasteiger partial charge is 0.327 e. The SMILES string of the molecule is CC(C)C(NC(=O)C(N)CCCN=C(N)N)C(=O)NCC(=O)NC(CS)C(=O)O. The monoisotopic (exact) mass is 433 g/mol. The molecule has 166 valence electrons. The Morgan fingerprint density at radius 1 is 1.10 bits per heavy atom. The molecule has 0 radical (unpaired) electrons. The van der Waals surface area contributed by atoms with Crippen molar-refractivity contribution in [3.8, 4) is 0 Å². The lowest BCUT2D eigenvalue weighted by molar-refractivity contribution is -0.141. The van der Waals surface area contributed by atoms with Crippen LogP contribution in [0.15, 0.2) is 4.99 Å². The molecule has 10 N–H and O–H groups in total. The van der Waals surface area contributed by atoms with Gasteiger partial charge in [0.05, 0.1) is 12.6 Å². The molecular formula is C16H31N7O5S. The molecule has 0 saturated carbocycles. The van der Waals surface area contributed by atoms with Crippen molar-refractivity contribution in [2.24, 2.45) is 28.1 Å². The van der Waals surface area contributed by atoms with E-state index in [4.69, 9.17) is 22.3 Å². The molecule has 0 aliphatic rings. The van der Waals surface area contributed by atoms with Gasteiger partial charge in [-0.05, 0) is 18.8 Å². The van der Waals surface area contributed by atoms with Gasteiger partial charge in [-0.25, -0.2) is 4.79 Å². The first-order chi connectivity index (χ1) is 13.5. The van der Waals surface area contributed by atoms with Crippen LogP contribution in [-0.2, 0) is 19.2 Å². The van der Waals surface area contributed by atoms with E-state index in [0.29, 0.717) is 19.4 Å². The van der Waals surface area contributed by atoms with Crippen molar-refractivity contribution in [2.75, 3.05) is 18.8 Å². The van der Waals surface area contributed by atoms with Gasteiger partial charge < -0.3 is 38.3 Å². The Kier molecular flexibility index (Phi) is 12.4. The number of hydrogen-bond donors (Lipinski definition) is 8. The fraction of sp³-hybridized carbons (Fsp3) is 0.688. The number of hydrogen-bond acceptors (Lipinski definition) is 7. The van der Waals surface area contributed by atoms with Gasteiger partial charge in [0.1, 0.15) is 12.1 Å². The molecule has 0 saturated heterocycles. The lowest BCUT2D eigenvalue weighted by Gasteiger charge is -2.23. The summed E-state index contributed by atoms with van der Waals surface area (Å²) in [6, 6.07) is -2.94. The standard InChI is InChI=1S/C16H31N7O5S/c1-8(2)12(23-13(25)9(17)4-3-5-20-16(18)19)14(26)21-6-11(24)22-10(7-29)15(27)28/h8-10,12,29H,3-7,17H2,1-2H3,(H,21,26)(H,22,24)(H,23,25)(H,27,28)(H4,18,19,20). The average Bonchev–Trinajstić information content (AvgIpc) is 2.64. The fourth-order valence-electron chi connectivity index (χ4n) is 2.15. The van der Waals surface area contributed by atoms with Gasteiger partial charge in [-0.15, -0.1) is 0 Å². The van der Waals surface area contributed by atoms with Crippen LogP contribution in [0.3, 0.4) is 0 Å². The number of carboxylic acids is 1. The third-order valence-corrected chi connectivity index (χ3v) is 4.16. The predicted molar refractivity (Wildman–Crippen MR) is 111 cm³/mol. The van der Waals surface area contributed by atoms with E-state index in [2.05, 4.69) is 33.6 Å². The predicted octanol–water partition coefficient (Wildman–Crippen LogP) is -2.88. The molecule has 3 amide bonds. The van der Waals surface area contributed by atoms with E-state index in [1.807, 2.05) is 0 Å². The Bertz CT molecular complexity index is 610. The number of carboxylic acid groups (broad SMARTS) is 1. The molecule has 0 aliphatic heterocycles. The van der Waals surface area contributed by atoms with Gasteiger partial charge in [-0.2, -0.15) is 12.6 Å². The summed E-state index contributed by atoms with van der Waals surface area (Å²) in [7, 11) is 0.